The first-order chi connectivity index (χ1) is 8.11. The minimum Gasteiger partial charge on any atom is -0.366 e. The van der Waals surface area contributed by atoms with E-state index in [0.717, 1.165) is 24.5 Å². The number of nitrogens with one attached hydrogen (secondary N) is 2. The van der Waals surface area contributed by atoms with Crippen LogP contribution in [-0.2, 0) is 0 Å². The van der Waals surface area contributed by atoms with Gasteiger partial charge in [0.2, 0.25) is 5.95 Å². The van der Waals surface area contributed by atoms with Crippen LogP contribution in [0.15, 0.2) is 18.7 Å². The topological polar surface area (TPSA) is 49.8 Å². The summed E-state index contributed by atoms with van der Waals surface area (Å²) in [5, 5.41) is 6.41. The summed E-state index contributed by atoms with van der Waals surface area (Å²) in [6.45, 7) is 11.7. The van der Waals surface area contributed by atoms with Gasteiger partial charge in [-0.3, -0.25) is 0 Å². The predicted octanol–water partition coefficient (Wildman–Crippen LogP) is 2.84. The van der Waals surface area contributed by atoms with E-state index >= 15 is 0 Å². The van der Waals surface area contributed by atoms with Crippen molar-refractivity contribution in [1.29, 1.82) is 0 Å². The van der Waals surface area contributed by atoms with Gasteiger partial charge in [-0.05, 0) is 19.3 Å². The molecule has 0 aromatic carbocycles. The van der Waals surface area contributed by atoms with Crippen molar-refractivity contribution in [2.75, 3.05) is 23.7 Å². The first kappa shape index (κ1) is 13.5. The molecule has 1 rings (SSSR count). The third-order valence-electron chi connectivity index (χ3n) is 2.29. The number of nitrogens with zero attached hydrogens (tertiary/aromatic N) is 2. The second-order valence-corrected chi connectivity index (χ2v) is 4.50. The van der Waals surface area contributed by atoms with Crippen molar-refractivity contribution in [3.8, 4) is 0 Å². The molecule has 0 aliphatic heterocycles. The first-order valence-electron chi connectivity index (χ1n) is 6.06. The molecule has 0 atom stereocenters. The molecule has 17 heavy (non-hydrogen) atoms. The lowest BCUT2D eigenvalue weighted by molar-refractivity contribution is 0.606. The highest BCUT2D eigenvalue weighted by Gasteiger charge is 2.01. The Hall–Kier alpha value is -1.58. The molecule has 1 heterocycles. The Morgan fingerprint density at radius 2 is 2.12 bits per heavy atom. The Morgan fingerprint density at radius 1 is 1.35 bits per heavy atom. The van der Waals surface area contributed by atoms with Crippen molar-refractivity contribution in [3.05, 3.63) is 24.4 Å². The van der Waals surface area contributed by atoms with Gasteiger partial charge in [0.15, 0.2) is 0 Å². The van der Waals surface area contributed by atoms with Gasteiger partial charge in [0.05, 0.1) is 0 Å². The van der Waals surface area contributed by atoms with Crippen LogP contribution in [0.4, 0.5) is 11.8 Å². The van der Waals surface area contributed by atoms with Crippen molar-refractivity contribution >= 4 is 11.8 Å². The monoisotopic (exact) mass is 234 g/mol. The molecule has 0 fully saturated rings. The van der Waals surface area contributed by atoms with Crippen LogP contribution in [0.3, 0.4) is 0 Å². The number of anilines is 2. The molecule has 0 radical (unpaired) electrons. The molecular weight excluding hydrogens is 212 g/mol. The van der Waals surface area contributed by atoms with E-state index in [1.165, 1.54) is 0 Å². The molecule has 2 N–H and O–H groups in total. The zero-order valence-electron chi connectivity index (χ0n) is 11.0. The number of rotatable bonds is 7. The van der Waals surface area contributed by atoms with Gasteiger partial charge in [0.1, 0.15) is 5.82 Å². The molecule has 4 nitrogen and oxygen atoms in total. The number of hydrogen-bond donors (Lipinski definition) is 2. The van der Waals surface area contributed by atoms with Gasteiger partial charge in [0, 0.05) is 24.8 Å². The van der Waals surface area contributed by atoms with E-state index in [4.69, 9.17) is 0 Å². The summed E-state index contributed by atoms with van der Waals surface area (Å²) in [4.78, 5) is 8.74. The third kappa shape index (κ3) is 5.33. The van der Waals surface area contributed by atoms with Crippen LogP contribution in [0, 0.1) is 12.8 Å². The fraction of sp³-hybridized carbons (Fsp3) is 0.538. The van der Waals surface area contributed by atoms with Gasteiger partial charge in [-0.25, -0.2) is 4.98 Å². The molecule has 0 saturated heterocycles. The Balaban J connectivity index is 2.58. The molecule has 0 bridgehead atoms. The smallest absolute Gasteiger partial charge is 0.224 e. The highest BCUT2D eigenvalue weighted by atomic mass is 15.1. The van der Waals surface area contributed by atoms with Gasteiger partial charge < -0.3 is 10.6 Å². The maximum Gasteiger partial charge on any atom is 0.224 e. The maximum absolute atomic E-state index is 4.39. The summed E-state index contributed by atoms with van der Waals surface area (Å²) in [6, 6.07) is 1.93. The lowest BCUT2D eigenvalue weighted by atomic mass is 10.1. The van der Waals surface area contributed by atoms with E-state index in [1.807, 2.05) is 19.1 Å². The van der Waals surface area contributed by atoms with E-state index in [-0.39, 0.29) is 0 Å². The zero-order chi connectivity index (χ0) is 12.7. The molecule has 0 amide bonds. The van der Waals surface area contributed by atoms with E-state index in [2.05, 4.69) is 41.0 Å². The zero-order valence-corrected chi connectivity index (χ0v) is 11.0. The molecule has 94 valence electrons. The Bertz CT molecular complexity index is 360. The summed E-state index contributed by atoms with van der Waals surface area (Å²) in [7, 11) is 0. The van der Waals surface area contributed by atoms with Crippen LogP contribution < -0.4 is 10.6 Å². The molecule has 1 aromatic rings. The Labute approximate surface area is 104 Å². The highest BCUT2D eigenvalue weighted by Crippen LogP contribution is 2.10. The second kappa shape index (κ2) is 6.89. The van der Waals surface area contributed by atoms with E-state index in [9.17, 15) is 0 Å². The molecule has 0 spiro atoms. The van der Waals surface area contributed by atoms with Crippen molar-refractivity contribution < 1.29 is 0 Å². The predicted molar refractivity (Wildman–Crippen MR) is 73.4 cm³/mol. The molecular formula is C13H22N4. The summed E-state index contributed by atoms with van der Waals surface area (Å²) in [6.07, 6.45) is 2.93. The molecule has 0 aliphatic carbocycles. The van der Waals surface area contributed by atoms with Gasteiger partial charge in [-0.15, -0.1) is 6.58 Å². The highest BCUT2D eigenvalue weighted by molar-refractivity contribution is 5.42. The van der Waals surface area contributed by atoms with E-state index in [1.54, 1.807) is 0 Å². The molecule has 0 unspecified atom stereocenters. The van der Waals surface area contributed by atoms with Crippen molar-refractivity contribution in [3.63, 3.8) is 0 Å². The summed E-state index contributed by atoms with van der Waals surface area (Å²) in [5.74, 6) is 2.22. The van der Waals surface area contributed by atoms with Crippen LogP contribution in [0.2, 0.25) is 0 Å². The number of aromatic nitrogens is 2. The Morgan fingerprint density at radius 3 is 2.76 bits per heavy atom. The maximum atomic E-state index is 4.39. The van der Waals surface area contributed by atoms with Gasteiger partial charge >= 0.3 is 0 Å². The normalized spacial score (nSPS) is 10.4. The fourth-order valence-electron chi connectivity index (χ4n) is 1.39. The van der Waals surface area contributed by atoms with Gasteiger partial charge in [0.25, 0.3) is 0 Å². The Kier molecular flexibility index (Phi) is 5.46. The summed E-state index contributed by atoms with van der Waals surface area (Å²) in [5.41, 5.74) is 0.957. The SMILES string of the molecule is C=CCNc1cc(C)nc(NCCC(C)C)n1. The minimum atomic E-state index is 0.686. The fourth-order valence-corrected chi connectivity index (χ4v) is 1.39. The average Bonchev–Trinajstić information content (AvgIpc) is 2.25. The lowest BCUT2D eigenvalue weighted by Crippen LogP contribution is -2.10. The van der Waals surface area contributed by atoms with Crippen LogP contribution in [0.25, 0.3) is 0 Å². The molecule has 1 aromatic heterocycles. The number of hydrogen-bond acceptors (Lipinski definition) is 4. The van der Waals surface area contributed by atoms with Crippen LogP contribution in [0.1, 0.15) is 26.0 Å². The lowest BCUT2D eigenvalue weighted by Gasteiger charge is -2.09. The standard InChI is InChI=1S/C13H22N4/c1-5-7-14-12-9-11(4)16-13(17-12)15-8-6-10(2)3/h5,9-10H,1,6-8H2,2-4H3,(H2,14,15,16,17). The summed E-state index contributed by atoms with van der Waals surface area (Å²) >= 11 is 0. The molecule has 4 heteroatoms. The van der Waals surface area contributed by atoms with Gasteiger partial charge in [-0.1, -0.05) is 19.9 Å². The van der Waals surface area contributed by atoms with Crippen LogP contribution >= 0.6 is 0 Å². The quantitative estimate of drug-likeness (QED) is 0.712. The first-order valence-corrected chi connectivity index (χ1v) is 6.06. The molecule has 0 aliphatic rings. The largest absolute Gasteiger partial charge is 0.366 e. The van der Waals surface area contributed by atoms with Crippen molar-refractivity contribution in [1.82, 2.24) is 9.97 Å². The summed E-state index contributed by atoms with van der Waals surface area (Å²) < 4.78 is 0. The van der Waals surface area contributed by atoms with E-state index in [0.29, 0.717) is 18.4 Å². The van der Waals surface area contributed by atoms with Gasteiger partial charge in [-0.2, -0.15) is 4.98 Å². The second-order valence-electron chi connectivity index (χ2n) is 4.50. The van der Waals surface area contributed by atoms with Crippen LogP contribution in [0.5, 0.6) is 0 Å². The third-order valence-corrected chi connectivity index (χ3v) is 2.29. The minimum absolute atomic E-state index is 0.686. The number of aryl methyl sites for hydroxylation is 1. The molecule has 0 saturated carbocycles. The van der Waals surface area contributed by atoms with Crippen molar-refractivity contribution in [2.24, 2.45) is 5.92 Å². The van der Waals surface area contributed by atoms with E-state index < -0.39 is 0 Å². The van der Waals surface area contributed by atoms with Crippen LogP contribution in [-0.4, -0.2) is 23.1 Å². The average molecular weight is 234 g/mol. The van der Waals surface area contributed by atoms with Crippen molar-refractivity contribution in [2.45, 2.75) is 27.2 Å².